The van der Waals surface area contributed by atoms with Gasteiger partial charge in [0.15, 0.2) is 0 Å². The van der Waals surface area contributed by atoms with Crippen molar-refractivity contribution < 1.29 is 29.0 Å². The highest BCUT2D eigenvalue weighted by Gasteiger charge is 2.47. The Balaban J connectivity index is 1.50. The summed E-state index contributed by atoms with van der Waals surface area (Å²) >= 11 is 0. The molecule has 1 aliphatic heterocycles. The zero-order valence-electron chi connectivity index (χ0n) is 25.2. The number of esters is 1. The van der Waals surface area contributed by atoms with E-state index < -0.39 is 17.7 Å². The number of carbonyl (C=O) groups is 3. The van der Waals surface area contributed by atoms with Crippen molar-refractivity contribution in [2.45, 2.75) is 52.9 Å². The van der Waals surface area contributed by atoms with Gasteiger partial charge in [-0.1, -0.05) is 72.3 Å². The minimum Gasteiger partial charge on any atom is -0.507 e. The molecule has 44 heavy (non-hydrogen) atoms. The van der Waals surface area contributed by atoms with Gasteiger partial charge in [0.2, 0.25) is 0 Å². The molecule has 0 aromatic heterocycles. The molecule has 1 aliphatic rings. The summed E-state index contributed by atoms with van der Waals surface area (Å²) in [7, 11) is 0. The average Bonchev–Trinajstić information content (AvgIpc) is 3.26. The van der Waals surface area contributed by atoms with Crippen molar-refractivity contribution in [2.24, 2.45) is 0 Å². The van der Waals surface area contributed by atoms with Crippen LogP contribution in [0.2, 0.25) is 0 Å². The number of aliphatic hydroxyl groups excluding tert-OH is 1. The summed E-state index contributed by atoms with van der Waals surface area (Å²) in [4.78, 5) is 40.7. The monoisotopic (exact) mass is 589 g/mol. The minimum absolute atomic E-state index is 0.00235. The predicted octanol–water partition coefficient (Wildman–Crippen LogP) is 7.00. The van der Waals surface area contributed by atoms with Crippen LogP contribution in [-0.4, -0.2) is 28.9 Å². The van der Waals surface area contributed by atoms with E-state index in [0.29, 0.717) is 34.7 Å². The van der Waals surface area contributed by atoms with Crippen molar-refractivity contribution in [1.82, 2.24) is 0 Å². The first-order valence-electron chi connectivity index (χ1n) is 14.6. The molecule has 0 aliphatic carbocycles. The first-order chi connectivity index (χ1) is 21.1. The number of aliphatic hydroxyl groups is 1. The Morgan fingerprint density at radius 3 is 2.25 bits per heavy atom. The van der Waals surface area contributed by atoms with Crippen molar-refractivity contribution >= 4 is 29.1 Å². The number of Topliss-reactive ketones (excluding diaryl/α,β-unsaturated/α-hetero) is 1. The second kappa shape index (κ2) is 13.0. The molecule has 1 heterocycles. The maximum Gasteiger partial charge on any atom is 0.310 e. The number of hydrogen-bond donors (Lipinski definition) is 1. The number of carbonyl (C=O) groups excluding carboxylic acids is 3. The average molecular weight is 590 g/mol. The lowest BCUT2D eigenvalue weighted by Gasteiger charge is -2.26. The van der Waals surface area contributed by atoms with E-state index in [1.165, 1.54) is 4.90 Å². The lowest BCUT2D eigenvalue weighted by atomic mass is 9.93. The molecule has 4 aromatic carbocycles. The number of anilines is 1. The normalized spacial score (nSPS) is 15.9. The van der Waals surface area contributed by atoms with E-state index in [1.807, 2.05) is 68.4 Å². The fourth-order valence-corrected chi connectivity index (χ4v) is 5.35. The van der Waals surface area contributed by atoms with Gasteiger partial charge in [0.25, 0.3) is 11.7 Å². The summed E-state index contributed by atoms with van der Waals surface area (Å²) in [6, 6.07) is 28.6. The Bertz CT molecular complexity index is 1720. The van der Waals surface area contributed by atoms with E-state index in [0.717, 1.165) is 16.7 Å². The molecule has 1 saturated heterocycles. The number of benzene rings is 4. The van der Waals surface area contributed by atoms with Crippen molar-refractivity contribution in [3.05, 3.63) is 136 Å². The zero-order valence-corrected chi connectivity index (χ0v) is 25.2. The third-order valence-corrected chi connectivity index (χ3v) is 7.42. The van der Waals surface area contributed by atoms with Crippen molar-refractivity contribution in [3.8, 4) is 5.75 Å². The maximum atomic E-state index is 13.6. The van der Waals surface area contributed by atoms with Crippen LogP contribution in [0, 0.1) is 13.8 Å². The lowest BCUT2D eigenvalue weighted by Crippen LogP contribution is -2.29. The highest BCUT2D eigenvalue weighted by molar-refractivity contribution is 6.51. The molecular weight excluding hydrogens is 554 g/mol. The van der Waals surface area contributed by atoms with Crippen molar-refractivity contribution in [2.75, 3.05) is 4.90 Å². The summed E-state index contributed by atoms with van der Waals surface area (Å²) < 4.78 is 11.2. The number of hydrogen-bond acceptors (Lipinski definition) is 6. The first kappa shape index (κ1) is 30.3. The Hall–Kier alpha value is -5.17. The highest BCUT2D eigenvalue weighted by Crippen LogP contribution is 2.42. The summed E-state index contributed by atoms with van der Waals surface area (Å²) in [6.45, 7) is 7.77. The van der Waals surface area contributed by atoms with E-state index in [-0.39, 0.29) is 29.8 Å². The van der Waals surface area contributed by atoms with Gasteiger partial charge in [-0.25, -0.2) is 0 Å². The summed E-state index contributed by atoms with van der Waals surface area (Å²) in [6.07, 6.45) is -0.131. The van der Waals surface area contributed by atoms with Crippen LogP contribution in [0.4, 0.5) is 5.69 Å². The van der Waals surface area contributed by atoms with E-state index in [2.05, 4.69) is 0 Å². The third kappa shape index (κ3) is 6.57. The number of rotatable bonds is 9. The van der Waals surface area contributed by atoms with Gasteiger partial charge < -0.3 is 14.6 Å². The van der Waals surface area contributed by atoms with Crippen molar-refractivity contribution in [3.63, 3.8) is 0 Å². The van der Waals surface area contributed by atoms with Crippen LogP contribution in [0.3, 0.4) is 0 Å². The van der Waals surface area contributed by atoms with Gasteiger partial charge in [-0.2, -0.15) is 0 Å². The van der Waals surface area contributed by atoms with E-state index in [4.69, 9.17) is 9.47 Å². The molecule has 0 saturated carbocycles. The predicted molar refractivity (Wildman–Crippen MR) is 169 cm³/mol. The van der Waals surface area contributed by atoms with Gasteiger partial charge in [-0.3, -0.25) is 19.3 Å². The molecule has 0 bridgehead atoms. The summed E-state index contributed by atoms with van der Waals surface area (Å²) in [5, 5.41) is 11.6. The lowest BCUT2D eigenvalue weighted by molar-refractivity contribution is -0.146. The Morgan fingerprint density at radius 2 is 1.59 bits per heavy atom. The minimum atomic E-state index is -0.860. The summed E-state index contributed by atoms with van der Waals surface area (Å²) in [5.41, 5.74) is 5.04. The molecule has 0 radical (unpaired) electrons. The van der Waals surface area contributed by atoms with Crippen LogP contribution in [0.1, 0.15) is 53.3 Å². The molecule has 7 nitrogen and oxygen atoms in total. The van der Waals surface area contributed by atoms with Gasteiger partial charge in [0, 0.05) is 11.3 Å². The molecule has 5 rings (SSSR count). The van der Waals surface area contributed by atoms with Crippen LogP contribution in [0.25, 0.3) is 5.76 Å². The molecule has 4 aromatic rings. The standard InChI is InChI=1S/C37H35NO6/c1-23(2)44-32(39)21-26-13-16-30(17-14-26)38-34(28-12-8-9-24(3)19-28)33(36(41)37(38)42)35(40)29-15-18-31(25(4)20-29)43-22-27-10-6-5-7-11-27/h5-20,23,34,40H,21-22H2,1-4H3/b35-33-. The van der Waals surface area contributed by atoms with Crippen LogP contribution in [0.15, 0.2) is 103 Å². The van der Waals surface area contributed by atoms with Crippen LogP contribution >= 0.6 is 0 Å². The Kier molecular flexibility index (Phi) is 8.95. The molecule has 1 N–H and O–H groups in total. The topological polar surface area (TPSA) is 93.1 Å². The van der Waals surface area contributed by atoms with E-state index in [9.17, 15) is 19.5 Å². The molecule has 1 amide bonds. The first-order valence-corrected chi connectivity index (χ1v) is 14.6. The number of aryl methyl sites for hydroxylation is 2. The molecule has 1 fully saturated rings. The van der Waals surface area contributed by atoms with Crippen LogP contribution in [0.5, 0.6) is 5.75 Å². The van der Waals surface area contributed by atoms with Gasteiger partial charge in [0.05, 0.1) is 24.1 Å². The van der Waals surface area contributed by atoms with Crippen LogP contribution < -0.4 is 9.64 Å². The third-order valence-electron chi connectivity index (χ3n) is 7.42. The smallest absolute Gasteiger partial charge is 0.310 e. The largest absolute Gasteiger partial charge is 0.507 e. The highest BCUT2D eigenvalue weighted by atomic mass is 16.5. The number of ketones is 1. The van der Waals surface area contributed by atoms with Crippen LogP contribution in [-0.2, 0) is 32.1 Å². The van der Waals surface area contributed by atoms with Crippen molar-refractivity contribution in [1.29, 1.82) is 0 Å². The zero-order chi connectivity index (χ0) is 31.4. The Morgan fingerprint density at radius 1 is 0.864 bits per heavy atom. The molecule has 7 heteroatoms. The maximum absolute atomic E-state index is 13.6. The number of amides is 1. The molecule has 224 valence electrons. The fraction of sp³-hybridized carbons (Fsp3) is 0.216. The number of ether oxygens (including phenoxy) is 2. The molecule has 0 spiro atoms. The number of nitrogens with zero attached hydrogens (tertiary/aromatic N) is 1. The van der Waals surface area contributed by atoms with Gasteiger partial charge >= 0.3 is 5.97 Å². The SMILES string of the molecule is Cc1cccc(C2/C(=C(/O)c3ccc(OCc4ccccc4)c(C)c3)C(=O)C(=O)N2c2ccc(CC(=O)OC(C)C)cc2)c1. The van der Waals surface area contributed by atoms with Gasteiger partial charge in [-0.05, 0) is 80.3 Å². The Labute approximate surface area is 257 Å². The quantitative estimate of drug-likeness (QED) is 0.0978. The second-order valence-corrected chi connectivity index (χ2v) is 11.2. The van der Waals surface area contributed by atoms with Gasteiger partial charge in [-0.15, -0.1) is 0 Å². The van der Waals surface area contributed by atoms with E-state index in [1.54, 1.807) is 56.3 Å². The molecular formula is C37H35NO6. The molecule has 1 atom stereocenters. The fourth-order valence-electron chi connectivity index (χ4n) is 5.35. The van der Waals surface area contributed by atoms with E-state index >= 15 is 0 Å². The molecule has 1 unspecified atom stereocenters. The van der Waals surface area contributed by atoms with Gasteiger partial charge in [0.1, 0.15) is 18.1 Å². The summed E-state index contributed by atoms with van der Waals surface area (Å²) in [5.74, 6) is -1.48. The second-order valence-electron chi connectivity index (χ2n) is 11.2.